The molecule has 1 fully saturated rings. The van der Waals surface area contributed by atoms with Gasteiger partial charge in [-0.15, -0.1) is 0 Å². The van der Waals surface area contributed by atoms with Crippen LogP contribution >= 0.6 is 0 Å². The molecule has 96 valence electrons. The van der Waals surface area contributed by atoms with Gasteiger partial charge in [-0.25, -0.2) is 0 Å². The number of hydrogen-bond donors (Lipinski definition) is 2. The van der Waals surface area contributed by atoms with E-state index in [0.717, 1.165) is 12.8 Å². The molecule has 1 saturated heterocycles. The summed E-state index contributed by atoms with van der Waals surface area (Å²) >= 11 is 0. The number of carboxylic acids is 1. The molecule has 1 aliphatic heterocycles. The van der Waals surface area contributed by atoms with E-state index in [4.69, 9.17) is 0 Å². The van der Waals surface area contributed by atoms with Gasteiger partial charge in [0.05, 0.1) is 12.6 Å². The number of hydrogen-bond acceptors (Lipinski definition) is 5. The highest BCUT2D eigenvalue weighted by molar-refractivity contribution is 5.88. The van der Waals surface area contributed by atoms with Gasteiger partial charge in [-0.05, 0) is 19.3 Å². The lowest BCUT2D eigenvalue weighted by Crippen LogP contribution is -2.46. The van der Waals surface area contributed by atoms with Crippen molar-refractivity contribution in [3.05, 3.63) is 0 Å². The molecular weight excluding hydrogens is 228 g/mol. The van der Waals surface area contributed by atoms with Gasteiger partial charge in [-0.3, -0.25) is 9.59 Å². The second-order valence-electron chi connectivity index (χ2n) is 3.77. The highest BCUT2D eigenvalue weighted by Crippen LogP contribution is 2.04. The molecular formula is C10H15N2O5-. The predicted octanol–water partition coefficient (Wildman–Crippen LogP) is -2.46. The first-order valence-corrected chi connectivity index (χ1v) is 5.44. The minimum atomic E-state index is -1.38. The second kappa shape index (κ2) is 6.85. The molecule has 0 saturated carbocycles. The quantitative estimate of drug-likeness (QED) is 0.556. The van der Waals surface area contributed by atoms with E-state index in [1.807, 2.05) is 0 Å². The smallest absolute Gasteiger partial charge is 0.246 e. The molecule has 0 spiro atoms. The van der Waals surface area contributed by atoms with Crippen molar-refractivity contribution in [1.82, 2.24) is 10.6 Å². The van der Waals surface area contributed by atoms with E-state index in [-0.39, 0.29) is 5.91 Å². The van der Waals surface area contributed by atoms with Crippen LogP contribution in [0.5, 0.6) is 0 Å². The zero-order valence-electron chi connectivity index (χ0n) is 9.36. The molecule has 2 N–H and O–H groups in total. The van der Waals surface area contributed by atoms with Crippen molar-refractivity contribution in [2.45, 2.75) is 25.3 Å². The molecule has 0 aromatic carbocycles. The van der Waals surface area contributed by atoms with Crippen LogP contribution < -0.4 is 15.7 Å². The van der Waals surface area contributed by atoms with Crippen LogP contribution in [0.1, 0.15) is 19.3 Å². The van der Waals surface area contributed by atoms with Crippen molar-refractivity contribution in [2.24, 2.45) is 0 Å². The van der Waals surface area contributed by atoms with Crippen LogP contribution in [0.15, 0.2) is 0 Å². The van der Waals surface area contributed by atoms with Crippen molar-refractivity contribution in [2.75, 3.05) is 19.8 Å². The molecule has 1 heterocycles. The number of amides is 2. The van der Waals surface area contributed by atoms with Crippen molar-refractivity contribution >= 4 is 17.8 Å². The Bertz CT molecular complexity index is 305. The molecule has 0 radical (unpaired) electrons. The fourth-order valence-corrected chi connectivity index (χ4v) is 1.54. The number of nitrogens with one attached hydrogen (secondary N) is 2. The SMILES string of the molecule is O=C([O-])COCC(=O)N[C@H]1CCCCNC1=O. The second-order valence-corrected chi connectivity index (χ2v) is 3.77. The molecule has 0 aliphatic carbocycles. The predicted molar refractivity (Wildman–Crippen MR) is 54.6 cm³/mol. The summed E-state index contributed by atoms with van der Waals surface area (Å²) in [6.07, 6.45) is 2.32. The Morgan fingerprint density at radius 1 is 1.41 bits per heavy atom. The van der Waals surface area contributed by atoms with Crippen LogP contribution in [0.4, 0.5) is 0 Å². The highest BCUT2D eigenvalue weighted by atomic mass is 16.5. The van der Waals surface area contributed by atoms with E-state index in [2.05, 4.69) is 15.4 Å². The normalized spacial score (nSPS) is 20.2. The van der Waals surface area contributed by atoms with Crippen molar-refractivity contribution < 1.29 is 24.2 Å². The number of carbonyl (C=O) groups is 3. The molecule has 1 rings (SSSR count). The Kier molecular flexibility index (Phi) is 5.41. The summed E-state index contributed by atoms with van der Waals surface area (Å²) in [6, 6.07) is -0.559. The van der Waals surface area contributed by atoms with Crippen molar-refractivity contribution in [1.29, 1.82) is 0 Å². The van der Waals surface area contributed by atoms with Crippen LogP contribution in [0.2, 0.25) is 0 Å². The maximum Gasteiger partial charge on any atom is 0.246 e. The highest BCUT2D eigenvalue weighted by Gasteiger charge is 2.21. The van der Waals surface area contributed by atoms with Crippen LogP contribution in [0.3, 0.4) is 0 Å². The van der Waals surface area contributed by atoms with E-state index in [1.165, 1.54) is 0 Å². The van der Waals surface area contributed by atoms with Gasteiger partial charge in [0.1, 0.15) is 12.6 Å². The van der Waals surface area contributed by atoms with E-state index >= 15 is 0 Å². The summed E-state index contributed by atoms with van der Waals surface area (Å²) in [5.74, 6) is -2.10. The largest absolute Gasteiger partial charge is 0.548 e. The van der Waals surface area contributed by atoms with Gasteiger partial charge < -0.3 is 25.3 Å². The number of aliphatic carboxylic acids is 1. The fourth-order valence-electron chi connectivity index (χ4n) is 1.54. The summed E-state index contributed by atoms with van der Waals surface area (Å²) in [4.78, 5) is 32.8. The maximum atomic E-state index is 11.5. The molecule has 2 amide bonds. The van der Waals surface area contributed by atoms with Gasteiger partial charge in [0, 0.05) is 6.54 Å². The van der Waals surface area contributed by atoms with Gasteiger partial charge in [0.25, 0.3) is 0 Å². The minimum Gasteiger partial charge on any atom is -0.548 e. The Morgan fingerprint density at radius 3 is 2.88 bits per heavy atom. The first kappa shape index (κ1) is 13.4. The molecule has 17 heavy (non-hydrogen) atoms. The van der Waals surface area contributed by atoms with Gasteiger partial charge in [0.2, 0.25) is 11.8 Å². The third-order valence-corrected chi connectivity index (χ3v) is 2.32. The van der Waals surface area contributed by atoms with Crippen molar-refractivity contribution in [3.63, 3.8) is 0 Å². The third-order valence-electron chi connectivity index (χ3n) is 2.32. The lowest BCUT2D eigenvalue weighted by atomic mass is 10.1. The van der Waals surface area contributed by atoms with Gasteiger partial charge in [0.15, 0.2) is 0 Å². The first-order chi connectivity index (χ1) is 8.09. The third kappa shape index (κ3) is 5.30. The lowest BCUT2D eigenvalue weighted by molar-refractivity contribution is -0.309. The Morgan fingerprint density at radius 2 is 2.18 bits per heavy atom. The molecule has 0 unspecified atom stereocenters. The molecule has 7 heteroatoms. The average Bonchev–Trinajstić information content (AvgIpc) is 2.44. The average molecular weight is 243 g/mol. The molecule has 7 nitrogen and oxygen atoms in total. The zero-order valence-corrected chi connectivity index (χ0v) is 9.36. The van der Waals surface area contributed by atoms with E-state index < -0.39 is 31.1 Å². The Balaban J connectivity index is 2.28. The van der Waals surface area contributed by atoms with E-state index in [0.29, 0.717) is 13.0 Å². The topological polar surface area (TPSA) is 108 Å². The van der Waals surface area contributed by atoms with Crippen molar-refractivity contribution in [3.8, 4) is 0 Å². The molecule has 0 aromatic heterocycles. The standard InChI is InChI=1S/C10H16N2O5/c13-8(5-17-6-9(14)15)12-7-3-1-2-4-11-10(7)16/h7H,1-6H2,(H,11,16)(H,12,13)(H,14,15)/p-1/t7-/m0/s1. The van der Waals surface area contributed by atoms with Crippen LogP contribution in [-0.2, 0) is 19.1 Å². The fraction of sp³-hybridized carbons (Fsp3) is 0.700. The Hall–Kier alpha value is -1.63. The summed E-state index contributed by atoms with van der Waals surface area (Å²) in [5.41, 5.74) is 0. The van der Waals surface area contributed by atoms with Gasteiger partial charge in [-0.1, -0.05) is 0 Å². The monoisotopic (exact) mass is 243 g/mol. The molecule has 0 bridgehead atoms. The van der Waals surface area contributed by atoms with Crippen LogP contribution in [0, 0.1) is 0 Å². The Labute approximate surface area is 98.5 Å². The number of rotatable bonds is 5. The van der Waals surface area contributed by atoms with Gasteiger partial charge in [-0.2, -0.15) is 0 Å². The molecule has 0 aromatic rings. The van der Waals surface area contributed by atoms with Gasteiger partial charge >= 0.3 is 0 Å². The number of carbonyl (C=O) groups excluding carboxylic acids is 3. The summed E-state index contributed by atoms with van der Waals surface area (Å²) in [7, 11) is 0. The minimum absolute atomic E-state index is 0.212. The van der Waals surface area contributed by atoms with Crippen LogP contribution in [-0.4, -0.2) is 43.6 Å². The molecule has 1 atom stereocenters. The van der Waals surface area contributed by atoms with Crippen LogP contribution in [0.25, 0.3) is 0 Å². The zero-order chi connectivity index (χ0) is 12.7. The summed E-state index contributed by atoms with van der Waals surface area (Å²) in [6.45, 7) is -0.408. The van der Waals surface area contributed by atoms with E-state index in [9.17, 15) is 19.5 Å². The maximum absolute atomic E-state index is 11.5. The van der Waals surface area contributed by atoms with E-state index in [1.54, 1.807) is 0 Å². The number of carboxylic acid groups (broad SMARTS) is 1. The number of ether oxygens (including phenoxy) is 1. The summed E-state index contributed by atoms with van der Waals surface area (Å²) in [5, 5.41) is 15.2. The lowest BCUT2D eigenvalue weighted by Gasteiger charge is -2.15. The molecule has 1 aliphatic rings. The first-order valence-electron chi connectivity index (χ1n) is 5.44. The summed E-state index contributed by atoms with van der Waals surface area (Å²) < 4.78 is 4.56.